The number of rotatable bonds is 10. The van der Waals surface area contributed by atoms with Crippen LogP contribution in [0.1, 0.15) is 34.8 Å². The Morgan fingerprint density at radius 3 is 2.08 bits per heavy atom. The van der Waals surface area contributed by atoms with E-state index >= 15 is 0 Å². The van der Waals surface area contributed by atoms with E-state index in [2.05, 4.69) is 10.6 Å². The Morgan fingerprint density at radius 2 is 1.47 bits per heavy atom. The lowest BCUT2D eigenvalue weighted by Gasteiger charge is -2.18. The van der Waals surface area contributed by atoms with Gasteiger partial charge in [0.15, 0.2) is 23.3 Å². The van der Waals surface area contributed by atoms with E-state index in [0.717, 1.165) is 11.8 Å². The van der Waals surface area contributed by atoms with E-state index in [-0.39, 0.29) is 33.4 Å². The molecule has 4 rings (SSSR count). The topological polar surface area (TPSA) is 87.3 Å². The van der Waals surface area contributed by atoms with Crippen molar-refractivity contribution in [3.05, 3.63) is 128 Å². The van der Waals surface area contributed by atoms with Crippen molar-refractivity contribution in [1.29, 1.82) is 0 Å². The highest BCUT2D eigenvalue weighted by molar-refractivity contribution is 8.00. The van der Waals surface area contributed by atoms with E-state index in [0.29, 0.717) is 10.5 Å². The van der Waals surface area contributed by atoms with Gasteiger partial charge in [-0.15, -0.1) is 11.8 Å². The number of carbonyl (C=O) groups is 3. The third-order valence-electron chi connectivity index (χ3n) is 6.64. The Balaban J connectivity index is 1.56. The first-order chi connectivity index (χ1) is 23.1. The van der Waals surface area contributed by atoms with Crippen LogP contribution < -0.4 is 16.0 Å². The highest BCUT2D eigenvalue weighted by Crippen LogP contribution is 2.39. The molecule has 0 bridgehead atoms. The third kappa shape index (κ3) is 8.94. The Bertz CT molecular complexity index is 1910. The molecule has 0 spiro atoms. The molecule has 4 aromatic rings. The standard InChI is InChI=1S/C33H22Cl2F7N3O3S/c1-2-22(32(48)45-29-27(38)25(36)23(33(40,41)42)26(37)28(29)39)49-19-12-7-11-18(15-19)43-31(47)21(14-17-10-6-13-20(34)24(17)35)44-30(46)16-8-4-3-5-9-16/h3-15,22H,2H2,1H3,(H,43,47)(H,44,46)(H,45,48)/b21-14+. The Hall–Kier alpha value is -4.53. The van der Waals surface area contributed by atoms with Gasteiger partial charge in [-0.1, -0.05) is 66.5 Å². The van der Waals surface area contributed by atoms with Crippen molar-refractivity contribution in [3.63, 3.8) is 0 Å². The van der Waals surface area contributed by atoms with Gasteiger partial charge in [0.2, 0.25) is 5.91 Å². The maximum Gasteiger partial charge on any atom is 0.422 e. The summed E-state index contributed by atoms with van der Waals surface area (Å²) in [6.45, 7) is 1.50. The largest absolute Gasteiger partial charge is 0.422 e. The van der Waals surface area contributed by atoms with Crippen LogP contribution in [0, 0.1) is 23.3 Å². The summed E-state index contributed by atoms with van der Waals surface area (Å²) in [6, 6.07) is 18.6. The summed E-state index contributed by atoms with van der Waals surface area (Å²) in [5, 5.41) is 5.94. The molecule has 1 atom stereocenters. The van der Waals surface area contributed by atoms with Gasteiger partial charge in [0, 0.05) is 16.1 Å². The quantitative estimate of drug-likeness (QED) is 0.0654. The van der Waals surface area contributed by atoms with Crippen molar-refractivity contribution in [2.24, 2.45) is 0 Å². The molecule has 0 saturated heterocycles. The van der Waals surface area contributed by atoms with E-state index in [1.165, 1.54) is 55.5 Å². The van der Waals surface area contributed by atoms with Crippen molar-refractivity contribution < 1.29 is 45.1 Å². The van der Waals surface area contributed by atoms with Crippen LogP contribution >= 0.6 is 35.0 Å². The number of hydrogen-bond donors (Lipinski definition) is 3. The number of thioether (sulfide) groups is 1. The molecule has 3 amide bonds. The predicted molar refractivity (Wildman–Crippen MR) is 173 cm³/mol. The van der Waals surface area contributed by atoms with Crippen LogP contribution in [0.25, 0.3) is 6.08 Å². The number of hydrogen-bond acceptors (Lipinski definition) is 4. The van der Waals surface area contributed by atoms with Gasteiger partial charge >= 0.3 is 6.18 Å². The lowest BCUT2D eigenvalue weighted by Crippen LogP contribution is -2.30. The van der Waals surface area contributed by atoms with E-state index < -0.39 is 63.7 Å². The number of alkyl halides is 3. The fraction of sp³-hybridized carbons (Fsp3) is 0.121. The summed E-state index contributed by atoms with van der Waals surface area (Å²) in [4.78, 5) is 39.6. The first-order valence-electron chi connectivity index (χ1n) is 14.0. The molecular weight excluding hydrogens is 722 g/mol. The van der Waals surface area contributed by atoms with Gasteiger partial charge in [-0.25, -0.2) is 17.6 Å². The molecule has 0 aromatic heterocycles. The second-order valence-electron chi connectivity index (χ2n) is 10.0. The van der Waals surface area contributed by atoms with Gasteiger partial charge in [0.05, 0.1) is 15.3 Å². The van der Waals surface area contributed by atoms with Crippen molar-refractivity contribution in [1.82, 2.24) is 5.32 Å². The van der Waals surface area contributed by atoms with Crippen molar-refractivity contribution in [2.45, 2.75) is 29.7 Å². The summed E-state index contributed by atoms with van der Waals surface area (Å²) in [6.07, 6.45) is -4.45. The van der Waals surface area contributed by atoms with E-state index in [4.69, 9.17) is 23.2 Å². The number of nitrogens with one attached hydrogen (secondary N) is 3. The molecule has 49 heavy (non-hydrogen) atoms. The zero-order valence-electron chi connectivity index (χ0n) is 24.8. The van der Waals surface area contributed by atoms with Crippen LogP contribution in [0.4, 0.5) is 42.1 Å². The van der Waals surface area contributed by atoms with Crippen LogP contribution in [0.2, 0.25) is 10.0 Å². The minimum Gasteiger partial charge on any atom is -0.321 e. The van der Waals surface area contributed by atoms with Crippen molar-refractivity contribution in [2.75, 3.05) is 10.6 Å². The van der Waals surface area contributed by atoms with Gasteiger partial charge in [-0.2, -0.15) is 13.2 Å². The molecule has 3 N–H and O–H groups in total. The van der Waals surface area contributed by atoms with Crippen molar-refractivity contribution in [3.8, 4) is 0 Å². The number of amides is 3. The predicted octanol–water partition coefficient (Wildman–Crippen LogP) is 9.49. The van der Waals surface area contributed by atoms with Crippen LogP contribution in [0.3, 0.4) is 0 Å². The minimum atomic E-state index is -5.74. The monoisotopic (exact) mass is 743 g/mol. The molecule has 6 nitrogen and oxygen atoms in total. The fourth-order valence-corrected chi connectivity index (χ4v) is 5.63. The highest BCUT2D eigenvalue weighted by Gasteiger charge is 2.42. The van der Waals surface area contributed by atoms with Gasteiger partial charge in [-0.05, 0) is 54.5 Å². The molecule has 0 saturated carbocycles. The number of anilines is 2. The van der Waals surface area contributed by atoms with Gasteiger partial charge in [0.25, 0.3) is 11.8 Å². The van der Waals surface area contributed by atoms with E-state index in [9.17, 15) is 45.1 Å². The Morgan fingerprint density at radius 1 is 0.837 bits per heavy atom. The van der Waals surface area contributed by atoms with Crippen LogP contribution in [-0.4, -0.2) is 23.0 Å². The minimum absolute atomic E-state index is 0.0132. The lowest BCUT2D eigenvalue weighted by molar-refractivity contribution is -0.143. The molecule has 0 aliphatic rings. The van der Waals surface area contributed by atoms with Gasteiger partial charge < -0.3 is 16.0 Å². The smallest absolute Gasteiger partial charge is 0.321 e. The summed E-state index contributed by atoms with van der Waals surface area (Å²) in [5.74, 6) is -12.8. The molecule has 0 heterocycles. The molecule has 16 heteroatoms. The lowest BCUT2D eigenvalue weighted by atomic mass is 10.1. The normalized spacial score (nSPS) is 12.3. The first-order valence-corrected chi connectivity index (χ1v) is 15.6. The molecule has 0 aliphatic heterocycles. The molecule has 256 valence electrons. The summed E-state index contributed by atoms with van der Waals surface area (Å²) in [5.41, 5.74) is -3.97. The molecule has 1 unspecified atom stereocenters. The highest BCUT2D eigenvalue weighted by atomic mass is 35.5. The summed E-state index contributed by atoms with van der Waals surface area (Å²) in [7, 11) is 0. The second kappa shape index (κ2) is 15.8. The van der Waals surface area contributed by atoms with E-state index in [1.54, 1.807) is 35.6 Å². The Labute approximate surface area is 288 Å². The maximum atomic E-state index is 14.4. The van der Waals surface area contributed by atoms with Crippen LogP contribution in [0.5, 0.6) is 0 Å². The zero-order valence-corrected chi connectivity index (χ0v) is 27.2. The average Bonchev–Trinajstić information content (AvgIpc) is 3.06. The number of benzene rings is 4. The second-order valence-corrected chi connectivity index (χ2v) is 12.1. The number of halogens is 9. The zero-order chi connectivity index (χ0) is 36.0. The average molecular weight is 745 g/mol. The van der Waals surface area contributed by atoms with Crippen LogP contribution in [-0.2, 0) is 15.8 Å². The first kappa shape index (κ1) is 37.3. The van der Waals surface area contributed by atoms with Gasteiger partial charge in [0.1, 0.15) is 16.9 Å². The van der Waals surface area contributed by atoms with E-state index in [1.807, 2.05) is 0 Å². The molecule has 0 fully saturated rings. The molecule has 0 aliphatic carbocycles. The SMILES string of the molecule is CCC(Sc1cccc(NC(=O)/C(=C\c2cccc(Cl)c2Cl)NC(=O)c2ccccc2)c1)C(=O)Nc1c(F)c(F)c(C(F)(F)F)c(F)c1F. The molecule has 4 aromatic carbocycles. The summed E-state index contributed by atoms with van der Waals surface area (Å²) >= 11 is 13.2. The maximum absolute atomic E-state index is 14.4. The van der Waals surface area contributed by atoms with Crippen molar-refractivity contribution >= 4 is 70.1 Å². The van der Waals surface area contributed by atoms with Gasteiger partial charge in [-0.3, -0.25) is 14.4 Å². The Kier molecular flexibility index (Phi) is 12.0. The van der Waals surface area contributed by atoms with Crippen LogP contribution in [0.15, 0.2) is 83.4 Å². The number of carbonyl (C=O) groups excluding carboxylic acids is 3. The summed E-state index contributed by atoms with van der Waals surface area (Å²) < 4.78 is 95.7. The third-order valence-corrected chi connectivity index (χ3v) is 8.83. The molecular formula is C33H22Cl2F7N3O3S. The molecule has 0 radical (unpaired) electrons. The fourth-order valence-electron chi connectivity index (χ4n) is 4.26.